The number of hydrogen-bond donors (Lipinski definition) is 1. The molecular weight excluding hydrogens is 234 g/mol. The van der Waals surface area contributed by atoms with Crippen molar-refractivity contribution in [1.82, 2.24) is 0 Å². The predicted octanol–water partition coefficient (Wildman–Crippen LogP) is 3.54. The van der Waals surface area contributed by atoms with Crippen molar-refractivity contribution in [1.29, 1.82) is 0 Å². The molecule has 1 atom stereocenters. The first-order valence-corrected chi connectivity index (χ1v) is 7.49. The normalized spacial score (nSPS) is 22.6. The van der Waals surface area contributed by atoms with Crippen molar-refractivity contribution in [2.75, 3.05) is 18.1 Å². The summed E-state index contributed by atoms with van der Waals surface area (Å²) in [4.78, 5) is 2.53. The molecule has 1 saturated heterocycles. The number of aryl methyl sites for hydroxylation is 2. The molecule has 1 aromatic rings. The average molecular weight is 261 g/mol. The summed E-state index contributed by atoms with van der Waals surface area (Å²) in [7, 11) is 0. The molecule has 1 unspecified atom stereocenters. The molecule has 0 amide bonds. The smallest absolute Gasteiger partial charge is 0.0481 e. The van der Waals surface area contributed by atoms with Crippen LogP contribution in [0.5, 0.6) is 0 Å². The highest BCUT2D eigenvalue weighted by atomic mass is 16.3. The maximum absolute atomic E-state index is 9.66. The molecule has 1 aromatic carbocycles. The van der Waals surface area contributed by atoms with Gasteiger partial charge in [0.2, 0.25) is 0 Å². The fourth-order valence-corrected chi connectivity index (χ4v) is 3.46. The molecule has 1 N–H and O–H groups in total. The van der Waals surface area contributed by atoms with E-state index in [1.807, 2.05) is 0 Å². The summed E-state index contributed by atoms with van der Waals surface area (Å²) in [5, 5.41) is 9.66. The summed E-state index contributed by atoms with van der Waals surface area (Å²) in [6, 6.07) is 6.59. The zero-order valence-corrected chi connectivity index (χ0v) is 12.7. The largest absolute Gasteiger partial charge is 0.396 e. The van der Waals surface area contributed by atoms with Crippen LogP contribution in [0.2, 0.25) is 0 Å². The summed E-state index contributed by atoms with van der Waals surface area (Å²) in [5.74, 6) is 0.366. The molecule has 0 bridgehead atoms. The molecule has 19 heavy (non-hydrogen) atoms. The quantitative estimate of drug-likeness (QED) is 0.899. The minimum absolute atomic E-state index is 0.0308. The van der Waals surface area contributed by atoms with Gasteiger partial charge in [0.15, 0.2) is 0 Å². The van der Waals surface area contributed by atoms with Crippen LogP contribution < -0.4 is 4.90 Å². The van der Waals surface area contributed by atoms with Crippen molar-refractivity contribution in [2.24, 2.45) is 5.92 Å². The van der Waals surface area contributed by atoms with E-state index >= 15 is 0 Å². The van der Waals surface area contributed by atoms with Crippen molar-refractivity contribution in [3.8, 4) is 0 Å². The maximum atomic E-state index is 9.66. The van der Waals surface area contributed by atoms with Gasteiger partial charge in [-0.1, -0.05) is 25.1 Å². The number of aliphatic hydroxyl groups excluding tert-OH is 1. The number of para-hydroxylation sites is 1. The zero-order chi connectivity index (χ0) is 14.0. The Kier molecular flexibility index (Phi) is 4.19. The van der Waals surface area contributed by atoms with Crippen molar-refractivity contribution < 1.29 is 5.11 Å². The van der Waals surface area contributed by atoms with Crippen LogP contribution in [0.3, 0.4) is 0 Å². The zero-order valence-electron chi connectivity index (χ0n) is 12.7. The van der Waals surface area contributed by atoms with Gasteiger partial charge in [0.25, 0.3) is 0 Å². The van der Waals surface area contributed by atoms with Gasteiger partial charge in [0, 0.05) is 30.3 Å². The lowest BCUT2D eigenvalue weighted by molar-refractivity contribution is 0.135. The van der Waals surface area contributed by atoms with Crippen LogP contribution in [0.4, 0.5) is 5.69 Å². The number of benzene rings is 1. The van der Waals surface area contributed by atoms with Gasteiger partial charge in [0.05, 0.1) is 0 Å². The SMILES string of the molecule is CCc1cccc(C)c1N1CCCC(CO)C1(C)C. The number of aliphatic hydroxyl groups is 1. The molecule has 0 aromatic heterocycles. The second kappa shape index (κ2) is 5.54. The van der Waals surface area contributed by atoms with Gasteiger partial charge in [0.1, 0.15) is 0 Å². The number of anilines is 1. The number of rotatable bonds is 3. The van der Waals surface area contributed by atoms with E-state index in [4.69, 9.17) is 0 Å². The molecule has 1 aliphatic heterocycles. The Morgan fingerprint density at radius 3 is 2.74 bits per heavy atom. The number of hydrogen-bond acceptors (Lipinski definition) is 2. The highest BCUT2D eigenvalue weighted by Crippen LogP contribution is 2.39. The lowest BCUT2D eigenvalue weighted by atomic mass is 9.78. The van der Waals surface area contributed by atoms with E-state index in [0.717, 1.165) is 19.4 Å². The Morgan fingerprint density at radius 2 is 2.11 bits per heavy atom. The second-order valence-corrected chi connectivity index (χ2v) is 6.26. The molecular formula is C17H27NO. The molecule has 0 radical (unpaired) electrons. The van der Waals surface area contributed by atoms with E-state index in [-0.39, 0.29) is 12.1 Å². The van der Waals surface area contributed by atoms with Gasteiger partial charge in [-0.25, -0.2) is 0 Å². The fourth-order valence-electron chi connectivity index (χ4n) is 3.46. The van der Waals surface area contributed by atoms with Crippen LogP contribution in [0.25, 0.3) is 0 Å². The van der Waals surface area contributed by atoms with Crippen LogP contribution in [0.1, 0.15) is 44.7 Å². The van der Waals surface area contributed by atoms with E-state index < -0.39 is 0 Å². The van der Waals surface area contributed by atoms with Crippen molar-refractivity contribution in [2.45, 2.75) is 52.5 Å². The van der Waals surface area contributed by atoms with Gasteiger partial charge in [-0.05, 0) is 51.2 Å². The van der Waals surface area contributed by atoms with Gasteiger partial charge < -0.3 is 10.0 Å². The molecule has 0 saturated carbocycles. The standard InChI is InChI=1S/C17H27NO/c1-5-14-9-6-8-13(2)16(14)18-11-7-10-15(12-19)17(18,3)4/h6,8-9,15,19H,5,7,10-12H2,1-4H3. The first kappa shape index (κ1) is 14.4. The Hall–Kier alpha value is -1.02. The van der Waals surface area contributed by atoms with Crippen LogP contribution in [-0.2, 0) is 6.42 Å². The Balaban J connectivity index is 2.45. The maximum Gasteiger partial charge on any atom is 0.0481 e. The van der Waals surface area contributed by atoms with Gasteiger partial charge in [-0.2, -0.15) is 0 Å². The Labute approximate surface area is 117 Å². The number of piperidine rings is 1. The molecule has 1 aliphatic rings. The van der Waals surface area contributed by atoms with Crippen LogP contribution in [0, 0.1) is 12.8 Å². The van der Waals surface area contributed by atoms with Crippen LogP contribution in [0.15, 0.2) is 18.2 Å². The summed E-state index contributed by atoms with van der Waals surface area (Å²) >= 11 is 0. The van der Waals surface area contributed by atoms with Crippen LogP contribution >= 0.6 is 0 Å². The topological polar surface area (TPSA) is 23.5 Å². The molecule has 2 rings (SSSR count). The Bertz CT molecular complexity index is 439. The fraction of sp³-hybridized carbons (Fsp3) is 0.647. The molecule has 1 heterocycles. The molecule has 0 spiro atoms. The first-order chi connectivity index (χ1) is 9.02. The minimum Gasteiger partial charge on any atom is -0.396 e. The van der Waals surface area contributed by atoms with Gasteiger partial charge in [-0.3, -0.25) is 0 Å². The minimum atomic E-state index is 0.0308. The second-order valence-electron chi connectivity index (χ2n) is 6.26. The van der Waals surface area contributed by atoms with E-state index in [1.165, 1.54) is 23.2 Å². The third-order valence-corrected chi connectivity index (χ3v) is 4.82. The van der Waals surface area contributed by atoms with E-state index in [1.54, 1.807) is 0 Å². The summed E-state index contributed by atoms with van der Waals surface area (Å²) in [6.45, 7) is 10.4. The molecule has 0 aliphatic carbocycles. The van der Waals surface area contributed by atoms with Crippen molar-refractivity contribution >= 4 is 5.69 Å². The summed E-state index contributed by atoms with van der Waals surface area (Å²) in [5.41, 5.74) is 4.20. The molecule has 2 nitrogen and oxygen atoms in total. The van der Waals surface area contributed by atoms with Gasteiger partial charge in [-0.15, -0.1) is 0 Å². The number of nitrogens with zero attached hydrogens (tertiary/aromatic N) is 1. The van der Waals surface area contributed by atoms with Crippen LogP contribution in [-0.4, -0.2) is 23.8 Å². The molecule has 1 fully saturated rings. The van der Waals surface area contributed by atoms with E-state index in [2.05, 4.69) is 50.8 Å². The molecule has 106 valence electrons. The highest BCUT2D eigenvalue weighted by Gasteiger charge is 2.39. The Morgan fingerprint density at radius 1 is 1.37 bits per heavy atom. The van der Waals surface area contributed by atoms with E-state index in [0.29, 0.717) is 5.92 Å². The third kappa shape index (κ3) is 2.51. The predicted molar refractivity (Wildman–Crippen MR) is 81.8 cm³/mol. The van der Waals surface area contributed by atoms with Gasteiger partial charge >= 0.3 is 0 Å². The summed E-state index contributed by atoms with van der Waals surface area (Å²) < 4.78 is 0. The summed E-state index contributed by atoms with van der Waals surface area (Å²) in [6.07, 6.45) is 3.37. The first-order valence-electron chi connectivity index (χ1n) is 7.49. The lowest BCUT2D eigenvalue weighted by Crippen LogP contribution is -2.55. The molecule has 2 heteroatoms. The highest BCUT2D eigenvalue weighted by molar-refractivity contribution is 5.61. The van der Waals surface area contributed by atoms with E-state index in [9.17, 15) is 5.11 Å². The lowest BCUT2D eigenvalue weighted by Gasteiger charge is -2.50. The third-order valence-electron chi connectivity index (χ3n) is 4.82. The van der Waals surface area contributed by atoms with Crippen molar-refractivity contribution in [3.05, 3.63) is 29.3 Å². The van der Waals surface area contributed by atoms with Crippen molar-refractivity contribution in [3.63, 3.8) is 0 Å². The average Bonchev–Trinajstić information content (AvgIpc) is 2.38. The monoisotopic (exact) mass is 261 g/mol.